The number of hydrogen-bond acceptors (Lipinski definition) is 4. The van der Waals surface area contributed by atoms with Gasteiger partial charge in [0, 0.05) is 17.6 Å². The van der Waals surface area contributed by atoms with E-state index in [4.69, 9.17) is 11.6 Å². The van der Waals surface area contributed by atoms with Gasteiger partial charge in [0.1, 0.15) is 12.1 Å². The number of nitrogens with one attached hydrogen (secondary N) is 1. The monoisotopic (exact) mass is 331 g/mol. The van der Waals surface area contributed by atoms with Crippen molar-refractivity contribution >= 4 is 17.5 Å². The lowest BCUT2D eigenvalue weighted by Crippen LogP contribution is -2.24. The van der Waals surface area contributed by atoms with Crippen molar-refractivity contribution < 1.29 is 9.18 Å². The van der Waals surface area contributed by atoms with E-state index < -0.39 is 5.82 Å². The van der Waals surface area contributed by atoms with E-state index in [0.29, 0.717) is 11.6 Å². The van der Waals surface area contributed by atoms with Crippen LogP contribution in [0.4, 0.5) is 4.39 Å². The van der Waals surface area contributed by atoms with Crippen molar-refractivity contribution in [1.82, 2.24) is 25.5 Å². The second-order valence-corrected chi connectivity index (χ2v) is 5.16. The number of carbonyl (C=O) groups excluding carboxylic acids is 1. The maximum Gasteiger partial charge on any atom is 0.253 e. The van der Waals surface area contributed by atoms with Gasteiger partial charge in [-0.15, -0.1) is 5.10 Å². The van der Waals surface area contributed by atoms with Gasteiger partial charge in [0.05, 0.1) is 11.3 Å². The first kappa shape index (κ1) is 15.1. The van der Waals surface area contributed by atoms with Gasteiger partial charge < -0.3 is 5.32 Å². The quantitative estimate of drug-likeness (QED) is 0.796. The Labute approximate surface area is 135 Å². The van der Waals surface area contributed by atoms with E-state index in [1.807, 2.05) is 6.07 Å². The summed E-state index contributed by atoms with van der Waals surface area (Å²) in [4.78, 5) is 12.4. The van der Waals surface area contributed by atoms with E-state index in [2.05, 4.69) is 20.8 Å². The van der Waals surface area contributed by atoms with Gasteiger partial charge in [0.25, 0.3) is 5.91 Å². The molecule has 0 saturated carbocycles. The molecular formula is C15H11ClFN5O. The summed E-state index contributed by atoms with van der Waals surface area (Å²) in [5, 5.41) is 14.0. The Morgan fingerprint density at radius 2 is 2.13 bits per heavy atom. The number of hydrogen-bond donors (Lipinski definition) is 1. The number of carbonyl (C=O) groups is 1. The molecule has 0 spiro atoms. The van der Waals surface area contributed by atoms with Crippen molar-refractivity contribution in [1.29, 1.82) is 0 Å². The van der Waals surface area contributed by atoms with Gasteiger partial charge in [-0.25, -0.2) is 4.39 Å². The van der Waals surface area contributed by atoms with Crippen LogP contribution in [0.25, 0.3) is 5.69 Å². The van der Waals surface area contributed by atoms with Crippen LogP contribution in [0.2, 0.25) is 5.02 Å². The van der Waals surface area contributed by atoms with E-state index in [1.54, 1.807) is 18.2 Å². The molecule has 0 aliphatic heterocycles. The van der Waals surface area contributed by atoms with E-state index in [9.17, 15) is 9.18 Å². The molecule has 0 aliphatic carbocycles. The molecule has 0 bridgehead atoms. The minimum Gasteiger partial charge on any atom is -0.348 e. The third-order valence-corrected chi connectivity index (χ3v) is 3.38. The largest absolute Gasteiger partial charge is 0.348 e. The summed E-state index contributed by atoms with van der Waals surface area (Å²) < 4.78 is 14.7. The predicted octanol–water partition coefficient (Wildman–Crippen LogP) is 2.38. The fourth-order valence-electron chi connectivity index (χ4n) is 2.08. The van der Waals surface area contributed by atoms with Gasteiger partial charge in [-0.2, -0.15) is 4.68 Å². The molecule has 0 aliphatic rings. The molecule has 8 heteroatoms. The van der Waals surface area contributed by atoms with Crippen LogP contribution in [0.1, 0.15) is 15.9 Å². The number of tetrazole rings is 1. The highest BCUT2D eigenvalue weighted by Crippen LogP contribution is 2.16. The zero-order valence-corrected chi connectivity index (χ0v) is 12.5. The molecule has 0 unspecified atom stereocenters. The van der Waals surface area contributed by atoms with Crippen molar-refractivity contribution in [3.05, 3.63) is 70.8 Å². The third-order valence-electron chi connectivity index (χ3n) is 3.14. The second-order valence-electron chi connectivity index (χ2n) is 4.73. The van der Waals surface area contributed by atoms with Gasteiger partial charge in [0.15, 0.2) is 0 Å². The SMILES string of the molecule is O=C(NCc1cccc(Cl)c1)c1ccc(F)cc1-n1cnnn1. The lowest BCUT2D eigenvalue weighted by atomic mass is 10.1. The summed E-state index contributed by atoms with van der Waals surface area (Å²) in [6, 6.07) is 11.0. The summed E-state index contributed by atoms with van der Waals surface area (Å²) in [5.41, 5.74) is 1.39. The first-order valence-corrected chi connectivity index (χ1v) is 7.07. The number of benzene rings is 2. The molecule has 0 radical (unpaired) electrons. The minimum atomic E-state index is -0.484. The van der Waals surface area contributed by atoms with E-state index in [-0.39, 0.29) is 17.2 Å². The molecule has 1 aromatic heterocycles. The number of amides is 1. The van der Waals surface area contributed by atoms with Crippen LogP contribution in [0.5, 0.6) is 0 Å². The Morgan fingerprint density at radius 3 is 2.87 bits per heavy atom. The molecule has 0 saturated heterocycles. The molecular weight excluding hydrogens is 321 g/mol. The number of aromatic nitrogens is 4. The van der Waals surface area contributed by atoms with Crippen molar-refractivity contribution in [2.75, 3.05) is 0 Å². The molecule has 1 heterocycles. The topological polar surface area (TPSA) is 72.7 Å². The minimum absolute atomic E-state index is 0.263. The molecule has 116 valence electrons. The fourth-order valence-corrected chi connectivity index (χ4v) is 2.30. The van der Waals surface area contributed by atoms with Crippen LogP contribution >= 0.6 is 11.6 Å². The van der Waals surface area contributed by atoms with Crippen LogP contribution in [-0.4, -0.2) is 26.1 Å². The van der Waals surface area contributed by atoms with Crippen LogP contribution in [0, 0.1) is 5.82 Å². The van der Waals surface area contributed by atoms with Gasteiger partial charge in [0.2, 0.25) is 0 Å². The first-order valence-electron chi connectivity index (χ1n) is 6.69. The van der Waals surface area contributed by atoms with Crippen LogP contribution < -0.4 is 5.32 Å². The molecule has 3 aromatic rings. The Hall–Kier alpha value is -2.80. The number of nitrogens with zero attached hydrogens (tertiary/aromatic N) is 4. The second kappa shape index (κ2) is 6.53. The van der Waals surface area contributed by atoms with E-state index >= 15 is 0 Å². The Kier molecular flexibility index (Phi) is 4.29. The average Bonchev–Trinajstić information content (AvgIpc) is 3.07. The molecule has 1 amide bonds. The summed E-state index contributed by atoms with van der Waals surface area (Å²) >= 11 is 5.91. The first-order chi connectivity index (χ1) is 11.1. The van der Waals surface area contributed by atoms with Gasteiger partial charge in [-0.3, -0.25) is 4.79 Å². The zero-order chi connectivity index (χ0) is 16.2. The van der Waals surface area contributed by atoms with Gasteiger partial charge >= 0.3 is 0 Å². The van der Waals surface area contributed by atoms with Crippen LogP contribution in [-0.2, 0) is 6.54 Å². The maximum absolute atomic E-state index is 13.5. The standard InChI is InChI=1S/C15H11ClFN5O/c16-11-3-1-2-10(6-11)8-18-15(23)13-5-4-12(17)7-14(13)22-9-19-20-21-22/h1-7,9H,8H2,(H,18,23). The highest BCUT2D eigenvalue weighted by molar-refractivity contribution is 6.30. The highest BCUT2D eigenvalue weighted by Gasteiger charge is 2.14. The Bertz CT molecular complexity index is 838. The van der Waals surface area contributed by atoms with Crippen LogP contribution in [0.15, 0.2) is 48.8 Å². The molecule has 0 fully saturated rings. The normalized spacial score (nSPS) is 10.5. The van der Waals surface area contributed by atoms with E-state index in [1.165, 1.54) is 29.2 Å². The van der Waals surface area contributed by atoms with Gasteiger partial charge in [-0.1, -0.05) is 23.7 Å². The molecule has 23 heavy (non-hydrogen) atoms. The smallest absolute Gasteiger partial charge is 0.253 e. The fraction of sp³-hybridized carbons (Fsp3) is 0.0667. The third kappa shape index (κ3) is 3.51. The summed E-state index contributed by atoms with van der Waals surface area (Å²) in [7, 11) is 0. The highest BCUT2D eigenvalue weighted by atomic mass is 35.5. The maximum atomic E-state index is 13.5. The van der Waals surface area contributed by atoms with Gasteiger partial charge in [-0.05, 0) is 40.3 Å². The Morgan fingerprint density at radius 1 is 1.26 bits per heavy atom. The summed E-state index contributed by atoms with van der Waals surface area (Å²) in [6.07, 6.45) is 1.29. The number of halogens is 2. The molecule has 2 aromatic carbocycles. The van der Waals surface area contributed by atoms with E-state index in [0.717, 1.165) is 5.56 Å². The zero-order valence-electron chi connectivity index (χ0n) is 11.8. The molecule has 0 atom stereocenters. The number of rotatable bonds is 4. The Balaban J connectivity index is 1.82. The lowest BCUT2D eigenvalue weighted by Gasteiger charge is -2.10. The van der Waals surface area contributed by atoms with Crippen molar-refractivity contribution in [2.24, 2.45) is 0 Å². The van der Waals surface area contributed by atoms with Crippen molar-refractivity contribution in [3.63, 3.8) is 0 Å². The average molecular weight is 332 g/mol. The molecule has 1 N–H and O–H groups in total. The predicted molar refractivity (Wildman–Crippen MR) is 81.7 cm³/mol. The summed E-state index contributed by atoms with van der Waals surface area (Å²) in [5.74, 6) is -0.850. The lowest BCUT2D eigenvalue weighted by molar-refractivity contribution is 0.0950. The van der Waals surface area contributed by atoms with Crippen molar-refractivity contribution in [3.8, 4) is 5.69 Å². The molecule has 3 rings (SSSR count). The summed E-state index contributed by atoms with van der Waals surface area (Å²) in [6.45, 7) is 0.297. The molecule has 6 nitrogen and oxygen atoms in total. The van der Waals surface area contributed by atoms with Crippen molar-refractivity contribution in [2.45, 2.75) is 6.54 Å². The van der Waals surface area contributed by atoms with Crippen LogP contribution in [0.3, 0.4) is 0 Å².